The number of halogens is 1. The van der Waals surface area contributed by atoms with E-state index in [1.807, 2.05) is 19.1 Å². The number of methoxy groups -OCH3 is 2. The molecule has 0 aliphatic heterocycles. The van der Waals surface area contributed by atoms with Crippen LogP contribution in [0.1, 0.15) is 5.56 Å². The van der Waals surface area contributed by atoms with Gasteiger partial charge in [0.15, 0.2) is 11.5 Å². The maximum absolute atomic E-state index is 5.13. The zero-order valence-electron chi connectivity index (χ0n) is 7.35. The van der Waals surface area contributed by atoms with E-state index in [0.29, 0.717) is 0 Å². The van der Waals surface area contributed by atoms with Crippen LogP contribution >= 0.6 is 15.9 Å². The number of aryl methyl sites for hydroxylation is 1. The highest BCUT2D eigenvalue weighted by Gasteiger charge is 2.05. The summed E-state index contributed by atoms with van der Waals surface area (Å²) >= 11 is 3.41. The van der Waals surface area contributed by atoms with Crippen molar-refractivity contribution >= 4 is 15.9 Å². The van der Waals surface area contributed by atoms with Crippen LogP contribution in [0.3, 0.4) is 0 Å². The third-order valence-corrected chi connectivity index (χ3v) is 2.52. The zero-order chi connectivity index (χ0) is 9.14. The Kier molecular flexibility index (Phi) is 2.98. The third-order valence-electron chi connectivity index (χ3n) is 1.66. The Morgan fingerprint density at radius 3 is 2.08 bits per heavy atom. The van der Waals surface area contributed by atoms with E-state index < -0.39 is 0 Å². The molecule has 0 aliphatic carbocycles. The molecule has 0 radical (unpaired) electrons. The lowest BCUT2D eigenvalue weighted by molar-refractivity contribution is 0.354. The van der Waals surface area contributed by atoms with Crippen LogP contribution < -0.4 is 9.47 Å². The molecular weight excluding hydrogens is 220 g/mol. The van der Waals surface area contributed by atoms with Crippen molar-refractivity contribution in [3.63, 3.8) is 0 Å². The van der Waals surface area contributed by atoms with Crippen LogP contribution in [0.2, 0.25) is 0 Å². The van der Waals surface area contributed by atoms with Crippen LogP contribution in [-0.4, -0.2) is 14.2 Å². The van der Waals surface area contributed by atoms with Crippen LogP contribution in [0.4, 0.5) is 0 Å². The summed E-state index contributed by atoms with van der Waals surface area (Å²) in [4.78, 5) is 0. The van der Waals surface area contributed by atoms with Gasteiger partial charge < -0.3 is 9.47 Å². The van der Waals surface area contributed by atoms with Crippen LogP contribution in [0.25, 0.3) is 0 Å². The van der Waals surface area contributed by atoms with Crippen molar-refractivity contribution < 1.29 is 9.47 Å². The highest BCUT2D eigenvalue weighted by molar-refractivity contribution is 9.10. The summed E-state index contributed by atoms with van der Waals surface area (Å²) in [5, 5.41) is 0. The normalized spacial score (nSPS) is 9.67. The molecule has 0 atom stereocenters. The van der Waals surface area contributed by atoms with Crippen LogP contribution in [0.5, 0.6) is 11.5 Å². The van der Waals surface area contributed by atoms with Gasteiger partial charge in [0.05, 0.1) is 14.2 Å². The zero-order valence-corrected chi connectivity index (χ0v) is 8.94. The second kappa shape index (κ2) is 3.81. The molecule has 0 amide bonds. The quantitative estimate of drug-likeness (QED) is 0.779. The van der Waals surface area contributed by atoms with Crippen molar-refractivity contribution in [2.45, 2.75) is 6.92 Å². The Morgan fingerprint density at radius 2 is 1.58 bits per heavy atom. The van der Waals surface area contributed by atoms with E-state index in [2.05, 4.69) is 15.9 Å². The molecule has 1 aromatic rings. The van der Waals surface area contributed by atoms with E-state index in [1.54, 1.807) is 14.2 Å². The van der Waals surface area contributed by atoms with Crippen molar-refractivity contribution in [3.05, 3.63) is 22.2 Å². The molecule has 2 nitrogen and oxygen atoms in total. The monoisotopic (exact) mass is 230 g/mol. The van der Waals surface area contributed by atoms with E-state index in [4.69, 9.17) is 9.47 Å². The van der Waals surface area contributed by atoms with Crippen molar-refractivity contribution in [2.24, 2.45) is 0 Å². The lowest BCUT2D eigenvalue weighted by Crippen LogP contribution is -1.91. The average Bonchev–Trinajstić information content (AvgIpc) is 2.09. The number of ether oxygens (including phenoxy) is 2. The molecule has 0 saturated carbocycles. The fourth-order valence-electron chi connectivity index (χ4n) is 0.956. The molecule has 12 heavy (non-hydrogen) atoms. The SMILES string of the molecule is COc1cc(C)c(Br)cc1OC. The first-order valence-corrected chi connectivity index (χ1v) is 4.36. The third kappa shape index (κ3) is 1.72. The van der Waals surface area contributed by atoms with Gasteiger partial charge in [0, 0.05) is 4.47 Å². The minimum absolute atomic E-state index is 0.745. The summed E-state index contributed by atoms with van der Waals surface area (Å²) in [6, 6.07) is 3.83. The number of hydrogen-bond acceptors (Lipinski definition) is 2. The molecule has 0 N–H and O–H groups in total. The standard InChI is InChI=1S/C9H11BrO2/c1-6-4-8(11-2)9(12-3)5-7(6)10/h4-5H,1-3H3. The Morgan fingerprint density at radius 1 is 1.08 bits per heavy atom. The summed E-state index contributed by atoms with van der Waals surface area (Å²) in [5.74, 6) is 1.51. The molecule has 3 heteroatoms. The van der Waals surface area contributed by atoms with Crippen molar-refractivity contribution in [1.29, 1.82) is 0 Å². The number of hydrogen-bond donors (Lipinski definition) is 0. The second-order valence-corrected chi connectivity index (χ2v) is 3.31. The molecule has 1 rings (SSSR count). The van der Waals surface area contributed by atoms with E-state index in [-0.39, 0.29) is 0 Å². The van der Waals surface area contributed by atoms with E-state index >= 15 is 0 Å². The van der Waals surface area contributed by atoms with Gasteiger partial charge in [-0.25, -0.2) is 0 Å². The minimum atomic E-state index is 0.745. The smallest absolute Gasteiger partial charge is 0.161 e. The first-order valence-electron chi connectivity index (χ1n) is 3.57. The van der Waals surface area contributed by atoms with Gasteiger partial charge in [-0.1, -0.05) is 15.9 Å². The Bertz CT molecular complexity index is 255. The number of rotatable bonds is 2. The molecular formula is C9H11BrO2. The van der Waals surface area contributed by atoms with Gasteiger partial charge >= 0.3 is 0 Å². The van der Waals surface area contributed by atoms with Crippen LogP contribution in [0, 0.1) is 6.92 Å². The van der Waals surface area contributed by atoms with Gasteiger partial charge in [0.1, 0.15) is 0 Å². The molecule has 0 bridgehead atoms. The Hall–Kier alpha value is -0.700. The molecule has 0 aromatic heterocycles. The van der Waals surface area contributed by atoms with E-state index in [0.717, 1.165) is 21.5 Å². The molecule has 0 unspecified atom stereocenters. The predicted molar refractivity (Wildman–Crippen MR) is 52.0 cm³/mol. The molecule has 0 spiro atoms. The Balaban J connectivity index is 3.19. The Labute approximate surface area is 80.6 Å². The molecule has 0 saturated heterocycles. The average molecular weight is 231 g/mol. The second-order valence-electron chi connectivity index (χ2n) is 2.46. The molecule has 1 aromatic carbocycles. The first kappa shape index (κ1) is 9.39. The summed E-state index contributed by atoms with van der Waals surface area (Å²) in [7, 11) is 3.25. The minimum Gasteiger partial charge on any atom is -0.493 e. The fourth-order valence-corrected chi connectivity index (χ4v) is 1.28. The van der Waals surface area contributed by atoms with Crippen LogP contribution in [0.15, 0.2) is 16.6 Å². The molecule has 0 aliphatic rings. The predicted octanol–water partition coefficient (Wildman–Crippen LogP) is 2.77. The fraction of sp³-hybridized carbons (Fsp3) is 0.333. The maximum atomic E-state index is 5.13. The molecule has 66 valence electrons. The van der Waals surface area contributed by atoms with Gasteiger partial charge in [-0.05, 0) is 24.6 Å². The topological polar surface area (TPSA) is 18.5 Å². The molecule has 0 fully saturated rings. The lowest BCUT2D eigenvalue weighted by Gasteiger charge is -2.08. The maximum Gasteiger partial charge on any atom is 0.161 e. The van der Waals surface area contributed by atoms with Gasteiger partial charge in [0.25, 0.3) is 0 Å². The highest BCUT2D eigenvalue weighted by atomic mass is 79.9. The first-order chi connectivity index (χ1) is 5.69. The van der Waals surface area contributed by atoms with E-state index in [1.165, 1.54) is 0 Å². The van der Waals surface area contributed by atoms with E-state index in [9.17, 15) is 0 Å². The lowest BCUT2D eigenvalue weighted by atomic mass is 10.2. The van der Waals surface area contributed by atoms with Crippen molar-refractivity contribution in [2.75, 3.05) is 14.2 Å². The van der Waals surface area contributed by atoms with Gasteiger partial charge in [-0.3, -0.25) is 0 Å². The summed E-state index contributed by atoms with van der Waals surface area (Å²) < 4.78 is 11.3. The van der Waals surface area contributed by atoms with Crippen molar-refractivity contribution in [1.82, 2.24) is 0 Å². The summed E-state index contributed by atoms with van der Waals surface area (Å²) in [6.45, 7) is 2.01. The molecule has 0 heterocycles. The summed E-state index contributed by atoms with van der Waals surface area (Å²) in [6.07, 6.45) is 0. The van der Waals surface area contributed by atoms with Gasteiger partial charge in [0.2, 0.25) is 0 Å². The van der Waals surface area contributed by atoms with Crippen LogP contribution in [-0.2, 0) is 0 Å². The largest absolute Gasteiger partial charge is 0.493 e. The highest BCUT2D eigenvalue weighted by Crippen LogP contribution is 2.32. The van der Waals surface area contributed by atoms with Gasteiger partial charge in [-0.2, -0.15) is 0 Å². The van der Waals surface area contributed by atoms with Gasteiger partial charge in [-0.15, -0.1) is 0 Å². The number of benzene rings is 1. The van der Waals surface area contributed by atoms with Crippen molar-refractivity contribution in [3.8, 4) is 11.5 Å². The summed E-state index contributed by atoms with van der Waals surface area (Å²) in [5.41, 5.74) is 1.13.